The minimum atomic E-state index is -4.57. The van der Waals surface area contributed by atoms with Gasteiger partial charge in [0, 0.05) is 6.42 Å². The first kappa shape index (κ1) is 71.5. The lowest BCUT2D eigenvalue weighted by atomic mass is 10.0. The molecule has 432 valence electrons. The number of likely N-dealkylation sites (N-methyl/N-ethyl adjacent to an activating group) is 1. The molecule has 72 heavy (non-hydrogen) atoms. The molecule has 0 fully saturated rings. The molecule has 0 aromatic rings. The first-order chi connectivity index (χ1) is 35.0. The summed E-state index contributed by atoms with van der Waals surface area (Å²) >= 11 is 0. The molecule has 1 amide bonds. The van der Waals surface area contributed by atoms with Crippen molar-refractivity contribution in [3.8, 4) is 0 Å². The van der Waals surface area contributed by atoms with Crippen LogP contribution < -0.4 is 10.2 Å². The van der Waals surface area contributed by atoms with Crippen LogP contribution in [0.1, 0.15) is 348 Å². The molecule has 0 saturated carbocycles. The molecule has 0 aromatic heterocycles. The van der Waals surface area contributed by atoms with Gasteiger partial charge in [-0.3, -0.25) is 9.36 Å². The molecule has 3 atom stereocenters. The van der Waals surface area contributed by atoms with Gasteiger partial charge in [-0.15, -0.1) is 0 Å². The van der Waals surface area contributed by atoms with E-state index >= 15 is 0 Å². The van der Waals surface area contributed by atoms with Gasteiger partial charge in [0.2, 0.25) is 5.91 Å². The standard InChI is InChI=1S/C63H129N2O6P/c1-6-8-10-12-14-16-18-20-22-24-25-26-27-28-29-30-31-32-33-34-35-36-37-38-39-41-43-45-47-49-51-53-55-57-63(67)64-61(60-71-72(68,69)70-59-58-65(3,4)5)62(66)56-54-52-50-48-46-44-42-40-23-21-19-17-15-13-11-9-7-2/h61-62,66H,6-60H2,1-5H3,(H-,64,67,68,69). The zero-order valence-electron chi connectivity index (χ0n) is 49.4. The minimum absolute atomic E-state index is 0.0167. The molecule has 0 bridgehead atoms. The molecule has 0 aliphatic heterocycles. The van der Waals surface area contributed by atoms with Crippen molar-refractivity contribution in [1.29, 1.82) is 0 Å². The highest BCUT2D eigenvalue weighted by Gasteiger charge is 2.24. The van der Waals surface area contributed by atoms with Gasteiger partial charge in [0.15, 0.2) is 0 Å². The zero-order valence-corrected chi connectivity index (χ0v) is 50.3. The van der Waals surface area contributed by atoms with E-state index in [1.54, 1.807) is 0 Å². The van der Waals surface area contributed by atoms with Crippen LogP contribution in [0.4, 0.5) is 0 Å². The SMILES string of the molecule is CCCCCCCCCCCCCCCCCCCCCCCCCCCCCCCCCCCC(=O)NC(COP(=O)([O-])OCC[N+](C)(C)C)C(O)CCCCCCCCCCCCCCCCCCC. The molecule has 9 heteroatoms. The Hall–Kier alpha value is -0.500. The second kappa shape index (κ2) is 55.3. The van der Waals surface area contributed by atoms with Crippen molar-refractivity contribution in [2.24, 2.45) is 0 Å². The van der Waals surface area contributed by atoms with Crippen LogP contribution in [-0.4, -0.2) is 68.5 Å². The van der Waals surface area contributed by atoms with Gasteiger partial charge in [0.25, 0.3) is 7.82 Å². The van der Waals surface area contributed by atoms with Crippen LogP contribution in [0.3, 0.4) is 0 Å². The van der Waals surface area contributed by atoms with Crippen LogP contribution in [0.15, 0.2) is 0 Å². The Morgan fingerprint density at radius 2 is 0.681 bits per heavy atom. The molecule has 0 heterocycles. The van der Waals surface area contributed by atoms with Crippen molar-refractivity contribution >= 4 is 13.7 Å². The van der Waals surface area contributed by atoms with E-state index in [4.69, 9.17) is 9.05 Å². The van der Waals surface area contributed by atoms with Crippen LogP contribution in [0, 0.1) is 0 Å². The van der Waals surface area contributed by atoms with E-state index in [9.17, 15) is 19.4 Å². The van der Waals surface area contributed by atoms with Gasteiger partial charge < -0.3 is 28.8 Å². The van der Waals surface area contributed by atoms with Crippen molar-refractivity contribution in [1.82, 2.24) is 5.32 Å². The van der Waals surface area contributed by atoms with E-state index in [-0.39, 0.29) is 19.1 Å². The number of unbranched alkanes of at least 4 members (excludes halogenated alkanes) is 48. The number of rotatable bonds is 61. The van der Waals surface area contributed by atoms with Crippen LogP contribution in [0.2, 0.25) is 0 Å². The third-order valence-electron chi connectivity index (χ3n) is 15.3. The van der Waals surface area contributed by atoms with Gasteiger partial charge in [-0.05, 0) is 12.8 Å². The highest BCUT2D eigenvalue weighted by molar-refractivity contribution is 7.45. The number of aliphatic hydroxyl groups is 1. The lowest BCUT2D eigenvalue weighted by Crippen LogP contribution is -2.46. The third-order valence-corrected chi connectivity index (χ3v) is 16.3. The summed E-state index contributed by atoms with van der Waals surface area (Å²) in [5.41, 5.74) is 0. The normalized spacial score (nSPS) is 13.7. The van der Waals surface area contributed by atoms with Crippen molar-refractivity contribution in [2.45, 2.75) is 360 Å². The molecule has 2 N–H and O–H groups in total. The monoisotopic (exact) mass is 1040 g/mol. The third kappa shape index (κ3) is 57.2. The Bertz CT molecular complexity index is 1140. The molecule has 0 rings (SSSR count). The Labute approximate surface area is 450 Å². The number of aliphatic hydroxyl groups excluding tert-OH is 1. The first-order valence-corrected chi connectivity index (χ1v) is 33.8. The fourth-order valence-electron chi connectivity index (χ4n) is 10.3. The number of hydrogen-bond donors (Lipinski definition) is 2. The second-order valence-corrected chi connectivity index (χ2v) is 25.3. The molecular formula is C63H129N2O6P. The van der Waals surface area contributed by atoms with Crippen LogP contribution in [0.25, 0.3) is 0 Å². The van der Waals surface area contributed by atoms with Gasteiger partial charge in [-0.1, -0.05) is 328 Å². The number of amides is 1. The predicted molar refractivity (Wildman–Crippen MR) is 312 cm³/mol. The number of nitrogens with zero attached hydrogens (tertiary/aromatic N) is 1. The average molecular weight is 1040 g/mol. The Balaban J connectivity index is 3.94. The van der Waals surface area contributed by atoms with Crippen molar-refractivity contribution < 1.29 is 32.9 Å². The second-order valence-electron chi connectivity index (χ2n) is 23.8. The van der Waals surface area contributed by atoms with E-state index in [0.29, 0.717) is 23.9 Å². The van der Waals surface area contributed by atoms with Crippen LogP contribution in [-0.2, 0) is 18.4 Å². The Kier molecular flexibility index (Phi) is 54.9. The topological polar surface area (TPSA) is 108 Å². The molecule has 0 radical (unpaired) electrons. The smallest absolute Gasteiger partial charge is 0.268 e. The average Bonchev–Trinajstić information content (AvgIpc) is 3.34. The van der Waals surface area contributed by atoms with E-state index < -0.39 is 20.0 Å². The highest BCUT2D eigenvalue weighted by atomic mass is 31.2. The summed E-state index contributed by atoms with van der Waals surface area (Å²) in [7, 11) is 1.33. The summed E-state index contributed by atoms with van der Waals surface area (Å²) < 4.78 is 23.5. The van der Waals surface area contributed by atoms with Gasteiger partial charge in [0.1, 0.15) is 13.2 Å². The fraction of sp³-hybridized carbons (Fsp3) is 0.984. The largest absolute Gasteiger partial charge is 0.756 e. The molecule has 0 aromatic carbocycles. The molecule has 0 aliphatic carbocycles. The fourth-order valence-corrected chi connectivity index (χ4v) is 11.0. The number of phosphoric acid groups is 1. The number of carbonyl (C=O) groups excluding carboxylic acids is 1. The molecule has 0 spiro atoms. The van der Waals surface area contributed by atoms with Gasteiger partial charge in [0.05, 0.1) is 39.9 Å². The first-order valence-electron chi connectivity index (χ1n) is 32.4. The van der Waals surface area contributed by atoms with E-state index in [2.05, 4.69) is 19.2 Å². The maximum atomic E-state index is 13.0. The summed E-state index contributed by atoms with van der Waals surface area (Å²) in [6.45, 7) is 4.79. The summed E-state index contributed by atoms with van der Waals surface area (Å²) in [4.78, 5) is 25.6. The number of nitrogens with one attached hydrogen (secondary N) is 1. The molecule has 0 saturated heterocycles. The quantitative estimate of drug-likeness (QED) is 0.0357. The number of hydrogen-bond acceptors (Lipinski definition) is 6. The number of carbonyl (C=O) groups is 1. The number of quaternary nitrogens is 1. The molecule has 0 aliphatic rings. The Morgan fingerprint density at radius 3 is 0.944 bits per heavy atom. The molecule has 8 nitrogen and oxygen atoms in total. The maximum absolute atomic E-state index is 13.0. The van der Waals surface area contributed by atoms with Crippen LogP contribution in [0.5, 0.6) is 0 Å². The summed E-state index contributed by atoms with van der Waals surface area (Å²) in [5, 5.41) is 14.0. The number of phosphoric ester groups is 1. The van der Waals surface area contributed by atoms with Gasteiger partial charge >= 0.3 is 0 Å². The van der Waals surface area contributed by atoms with E-state index in [1.165, 1.54) is 283 Å². The lowest BCUT2D eigenvalue weighted by Gasteiger charge is -2.30. The van der Waals surface area contributed by atoms with Crippen molar-refractivity contribution in [2.75, 3.05) is 40.9 Å². The Morgan fingerprint density at radius 1 is 0.431 bits per heavy atom. The molecular weight excluding hydrogens is 912 g/mol. The van der Waals surface area contributed by atoms with Crippen molar-refractivity contribution in [3.63, 3.8) is 0 Å². The maximum Gasteiger partial charge on any atom is 0.268 e. The highest BCUT2D eigenvalue weighted by Crippen LogP contribution is 2.38. The van der Waals surface area contributed by atoms with Crippen molar-refractivity contribution in [3.05, 3.63) is 0 Å². The molecule has 3 unspecified atom stereocenters. The summed E-state index contributed by atoms with van der Waals surface area (Å²) in [6, 6.07) is -0.795. The van der Waals surface area contributed by atoms with Gasteiger partial charge in [-0.25, -0.2) is 0 Å². The predicted octanol–water partition coefficient (Wildman–Crippen LogP) is 19.4. The zero-order chi connectivity index (χ0) is 52.7. The minimum Gasteiger partial charge on any atom is -0.756 e. The lowest BCUT2D eigenvalue weighted by molar-refractivity contribution is -0.870. The summed E-state index contributed by atoms with van der Waals surface area (Å²) in [5.74, 6) is -0.155. The van der Waals surface area contributed by atoms with E-state index in [0.717, 1.165) is 38.5 Å². The van der Waals surface area contributed by atoms with E-state index in [1.807, 2.05) is 21.1 Å². The van der Waals surface area contributed by atoms with Crippen LogP contribution >= 0.6 is 7.82 Å². The summed E-state index contributed by atoms with van der Waals surface area (Å²) in [6.07, 6.45) is 67.4. The van der Waals surface area contributed by atoms with Gasteiger partial charge in [-0.2, -0.15) is 0 Å².